The van der Waals surface area contributed by atoms with Crippen LogP contribution in [0.3, 0.4) is 0 Å². The molecule has 7 nitrogen and oxygen atoms in total. The molecule has 1 aliphatic rings. The van der Waals surface area contributed by atoms with Gasteiger partial charge in [0.1, 0.15) is 0 Å². The van der Waals surface area contributed by atoms with Crippen LogP contribution < -0.4 is 5.32 Å². The van der Waals surface area contributed by atoms with E-state index in [0.29, 0.717) is 23.5 Å². The number of hydrogen-bond donors (Lipinski definition) is 1. The van der Waals surface area contributed by atoms with Crippen molar-refractivity contribution < 1.29 is 4.52 Å². The molecule has 1 saturated heterocycles. The summed E-state index contributed by atoms with van der Waals surface area (Å²) in [5.41, 5.74) is 2.73. The molecule has 0 spiro atoms. The highest BCUT2D eigenvalue weighted by molar-refractivity contribution is 5.57. The summed E-state index contributed by atoms with van der Waals surface area (Å²) >= 11 is 0. The summed E-state index contributed by atoms with van der Waals surface area (Å²) in [4.78, 5) is 4.41. The zero-order chi connectivity index (χ0) is 14.9. The predicted molar refractivity (Wildman–Crippen MR) is 80.0 cm³/mol. The molecule has 0 bridgehead atoms. The second-order valence-corrected chi connectivity index (χ2v) is 5.52. The Morgan fingerprint density at radius 2 is 2.14 bits per heavy atom. The van der Waals surface area contributed by atoms with Gasteiger partial charge < -0.3 is 9.84 Å². The third-order valence-electron chi connectivity index (χ3n) is 3.87. The third-order valence-corrected chi connectivity index (χ3v) is 3.87. The summed E-state index contributed by atoms with van der Waals surface area (Å²) in [5.74, 6) is 0.958. The Kier molecular flexibility index (Phi) is 3.19. The first kappa shape index (κ1) is 13.1. The zero-order valence-electron chi connectivity index (χ0n) is 12.2. The number of benzene rings is 1. The molecule has 0 unspecified atom stereocenters. The first-order valence-electron chi connectivity index (χ1n) is 7.33. The Morgan fingerprint density at radius 1 is 1.27 bits per heavy atom. The quantitative estimate of drug-likeness (QED) is 0.794. The summed E-state index contributed by atoms with van der Waals surface area (Å²) in [6, 6.07) is 8.35. The highest BCUT2D eigenvalue weighted by atomic mass is 16.5. The fourth-order valence-corrected chi connectivity index (χ4v) is 2.57. The Balaban J connectivity index is 1.59. The molecule has 0 radical (unpaired) electrons. The largest absolute Gasteiger partial charge is 0.332 e. The van der Waals surface area contributed by atoms with Crippen molar-refractivity contribution in [1.29, 1.82) is 0 Å². The van der Waals surface area contributed by atoms with Crippen molar-refractivity contribution in [2.24, 2.45) is 0 Å². The van der Waals surface area contributed by atoms with Crippen LogP contribution in [0.2, 0.25) is 0 Å². The Labute approximate surface area is 127 Å². The maximum absolute atomic E-state index is 5.32. The van der Waals surface area contributed by atoms with Gasteiger partial charge in [-0.1, -0.05) is 40.2 Å². The molecule has 3 heterocycles. The van der Waals surface area contributed by atoms with E-state index < -0.39 is 0 Å². The molecule has 1 aliphatic heterocycles. The molecular formula is C15H16N6O. The summed E-state index contributed by atoms with van der Waals surface area (Å²) in [7, 11) is 0. The average molecular weight is 296 g/mol. The third kappa shape index (κ3) is 2.39. The van der Waals surface area contributed by atoms with Gasteiger partial charge in [-0.3, -0.25) is 0 Å². The van der Waals surface area contributed by atoms with Crippen LogP contribution in [0.25, 0.3) is 23.0 Å². The van der Waals surface area contributed by atoms with Gasteiger partial charge in [0, 0.05) is 12.1 Å². The van der Waals surface area contributed by atoms with Gasteiger partial charge in [-0.05, 0) is 19.9 Å². The molecule has 0 saturated carbocycles. The molecule has 3 aromatic rings. The Morgan fingerprint density at radius 3 is 2.91 bits per heavy atom. The molecule has 1 N–H and O–H groups in total. The fraction of sp³-hybridized carbons (Fsp3) is 0.333. The maximum Gasteiger partial charge on any atom is 0.280 e. The van der Waals surface area contributed by atoms with Gasteiger partial charge in [-0.25, -0.2) is 4.68 Å². The highest BCUT2D eigenvalue weighted by Crippen LogP contribution is 2.22. The van der Waals surface area contributed by atoms with Gasteiger partial charge >= 0.3 is 0 Å². The number of hydrogen-bond acceptors (Lipinski definition) is 6. The van der Waals surface area contributed by atoms with E-state index in [2.05, 4.69) is 25.8 Å². The SMILES string of the molecule is Cc1ccc(-c2noc(-c3cn([C@H]4CCNC4)nn3)n2)cc1. The van der Waals surface area contributed by atoms with Crippen LogP contribution in [-0.2, 0) is 0 Å². The summed E-state index contributed by atoms with van der Waals surface area (Å²) in [6.45, 7) is 3.97. The minimum absolute atomic E-state index is 0.348. The van der Waals surface area contributed by atoms with Crippen LogP contribution in [0, 0.1) is 6.92 Å². The molecule has 1 fully saturated rings. The molecule has 0 amide bonds. The highest BCUT2D eigenvalue weighted by Gasteiger charge is 2.20. The predicted octanol–water partition coefficient (Wildman–Crippen LogP) is 1.84. The van der Waals surface area contributed by atoms with E-state index in [9.17, 15) is 0 Å². The van der Waals surface area contributed by atoms with E-state index in [0.717, 1.165) is 25.1 Å². The van der Waals surface area contributed by atoms with E-state index >= 15 is 0 Å². The van der Waals surface area contributed by atoms with Crippen LogP contribution in [0.5, 0.6) is 0 Å². The molecule has 7 heteroatoms. The average Bonchev–Trinajstić information content (AvgIpc) is 3.27. The number of rotatable bonds is 3. The molecular weight excluding hydrogens is 280 g/mol. The number of aryl methyl sites for hydroxylation is 1. The molecule has 1 atom stereocenters. The monoisotopic (exact) mass is 296 g/mol. The van der Waals surface area contributed by atoms with Crippen molar-refractivity contribution in [3.8, 4) is 23.0 Å². The molecule has 22 heavy (non-hydrogen) atoms. The van der Waals surface area contributed by atoms with Crippen molar-refractivity contribution in [3.63, 3.8) is 0 Å². The lowest BCUT2D eigenvalue weighted by Gasteiger charge is -2.05. The van der Waals surface area contributed by atoms with E-state index in [-0.39, 0.29) is 0 Å². The fourth-order valence-electron chi connectivity index (χ4n) is 2.57. The maximum atomic E-state index is 5.32. The molecule has 2 aromatic heterocycles. The topological polar surface area (TPSA) is 81.7 Å². The van der Waals surface area contributed by atoms with E-state index in [1.807, 2.05) is 42.1 Å². The van der Waals surface area contributed by atoms with Gasteiger partial charge in [-0.15, -0.1) is 5.10 Å². The minimum Gasteiger partial charge on any atom is -0.332 e. The first-order valence-corrected chi connectivity index (χ1v) is 7.33. The second-order valence-electron chi connectivity index (χ2n) is 5.52. The lowest BCUT2D eigenvalue weighted by molar-refractivity contribution is 0.431. The lowest BCUT2D eigenvalue weighted by Crippen LogP contribution is -2.13. The van der Waals surface area contributed by atoms with Crippen LogP contribution in [0.15, 0.2) is 35.0 Å². The van der Waals surface area contributed by atoms with E-state index in [1.54, 1.807) is 0 Å². The smallest absolute Gasteiger partial charge is 0.280 e. The summed E-state index contributed by atoms with van der Waals surface area (Å²) < 4.78 is 7.18. The molecule has 4 rings (SSSR count). The number of aromatic nitrogens is 5. The van der Waals surface area contributed by atoms with Gasteiger partial charge in [0.2, 0.25) is 5.82 Å². The van der Waals surface area contributed by atoms with Gasteiger partial charge in [0.05, 0.1) is 12.2 Å². The summed E-state index contributed by atoms with van der Waals surface area (Å²) in [5, 5.41) is 15.6. The zero-order valence-corrected chi connectivity index (χ0v) is 12.2. The van der Waals surface area contributed by atoms with E-state index in [4.69, 9.17) is 4.52 Å². The first-order chi connectivity index (χ1) is 10.8. The van der Waals surface area contributed by atoms with E-state index in [1.165, 1.54) is 5.56 Å². The van der Waals surface area contributed by atoms with Crippen LogP contribution >= 0.6 is 0 Å². The number of nitrogens with one attached hydrogen (secondary N) is 1. The lowest BCUT2D eigenvalue weighted by atomic mass is 10.1. The normalized spacial score (nSPS) is 18.0. The molecule has 112 valence electrons. The van der Waals surface area contributed by atoms with Gasteiger partial charge in [0.15, 0.2) is 5.69 Å². The van der Waals surface area contributed by atoms with Crippen molar-refractivity contribution in [3.05, 3.63) is 36.0 Å². The minimum atomic E-state index is 0.348. The van der Waals surface area contributed by atoms with Crippen LogP contribution in [0.1, 0.15) is 18.0 Å². The second kappa shape index (κ2) is 5.34. The van der Waals surface area contributed by atoms with Gasteiger partial charge in [0.25, 0.3) is 5.89 Å². The van der Waals surface area contributed by atoms with Crippen molar-refractivity contribution in [2.75, 3.05) is 13.1 Å². The van der Waals surface area contributed by atoms with Crippen LogP contribution in [-0.4, -0.2) is 38.2 Å². The van der Waals surface area contributed by atoms with Crippen molar-refractivity contribution >= 4 is 0 Å². The Hall–Kier alpha value is -2.54. The number of nitrogens with zero attached hydrogens (tertiary/aromatic N) is 5. The Bertz CT molecular complexity index is 769. The van der Waals surface area contributed by atoms with Crippen molar-refractivity contribution in [2.45, 2.75) is 19.4 Å². The van der Waals surface area contributed by atoms with Crippen molar-refractivity contribution in [1.82, 2.24) is 30.5 Å². The van der Waals surface area contributed by atoms with Gasteiger partial charge in [-0.2, -0.15) is 4.98 Å². The summed E-state index contributed by atoms with van der Waals surface area (Å²) in [6.07, 6.45) is 2.92. The molecule has 0 aliphatic carbocycles. The standard InChI is InChI=1S/C15H16N6O/c1-10-2-4-11(5-3-10)14-17-15(22-19-14)13-9-21(20-18-13)12-6-7-16-8-12/h2-5,9,12,16H,6-8H2,1H3/t12-/m0/s1. The van der Waals surface area contributed by atoms with Crippen LogP contribution in [0.4, 0.5) is 0 Å². The molecule has 1 aromatic carbocycles.